The average molecular weight is 661 g/mol. The molecule has 4 atom stereocenters. The van der Waals surface area contributed by atoms with Crippen molar-refractivity contribution < 1.29 is 42.1 Å². The van der Waals surface area contributed by atoms with Gasteiger partial charge in [0.2, 0.25) is 0 Å². The van der Waals surface area contributed by atoms with E-state index in [4.69, 9.17) is 0 Å². The van der Waals surface area contributed by atoms with Crippen LogP contribution in [0.25, 0.3) is 0 Å². The van der Waals surface area contributed by atoms with Crippen molar-refractivity contribution in [2.24, 2.45) is 23.7 Å². The molecular weight excluding hydrogens is 592 g/mol. The van der Waals surface area contributed by atoms with E-state index in [2.05, 4.69) is 52.0 Å². The van der Waals surface area contributed by atoms with Gasteiger partial charge >= 0.3 is 0 Å². The minimum atomic E-state index is -0.739. The van der Waals surface area contributed by atoms with Gasteiger partial charge in [0.05, 0.1) is 0 Å². The Kier molecular flexibility index (Phi) is 19.3. The van der Waals surface area contributed by atoms with Crippen LogP contribution < -0.4 is 20.4 Å². The molecule has 0 heterocycles. The first-order valence-corrected chi connectivity index (χ1v) is 17.4. The summed E-state index contributed by atoms with van der Waals surface area (Å²) in [5, 5.41) is 46.1. The van der Waals surface area contributed by atoms with E-state index in [0.29, 0.717) is 23.7 Å². The van der Waals surface area contributed by atoms with Crippen molar-refractivity contribution in [2.45, 2.75) is 183 Å². The van der Waals surface area contributed by atoms with Gasteiger partial charge in [0.1, 0.15) is 0 Å². The van der Waals surface area contributed by atoms with Gasteiger partial charge in [-0.3, -0.25) is 0 Å². The molecule has 4 nitrogen and oxygen atoms in total. The van der Waals surface area contributed by atoms with Crippen LogP contribution in [0.2, 0.25) is 0 Å². The van der Waals surface area contributed by atoms with Gasteiger partial charge in [-0.2, -0.15) is 0 Å². The molecule has 0 saturated heterocycles. The summed E-state index contributed by atoms with van der Waals surface area (Å²) in [5.41, 5.74) is 2.84. The Morgan fingerprint density at radius 3 is 0.644 bits per heavy atom. The van der Waals surface area contributed by atoms with Crippen LogP contribution in [0.1, 0.15) is 160 Å². The number of allylic oxidation sites excluding steroid dienone is 8. The topological polar surface area (TPSA) is 92.2 Å². The molecular formula is C40H68O4Ti-4. The zero-order valence-corrected chi connectivity index (χ0v) is 32.8. The first-order valence-electron chi connectivity index (χ1n) is 17.4. The van der Waals surface area contributed by atoms with Crippen molar-refractivity contribution in [1.82, 2.24) is 0 Å². The summed E-state index contributed by atoms with van der Waals surface area (Å²) in [7, 11) is 0. The largest absolute Gasteiger partial charge is 0.850 e. The van der Waals surface area contributed by atoms with Crippen molar-refractivity contribution in [3.05, 3.63) is 46.6 Å². The smallest absolute Gasteiger partial charge is 0 e. The summed E-state index contributed by atoms with van der Waals surface area (Å²) in [6.07, 6.45) is 21.6. The third-order valence-corrected chi connectivity index (χ3v) is 10.5. The van der Waals surface area contributed by atoms with Crippen LogP contribution in [0.5, 0.6) is 0 Å². The molecule has 0 amide bonds. The van der Waals surface area contributed by atoms with E-state index in [0.717, 1.165) is 77.0 Å². The van der Waals surface area contributed by atoms with Crippen LogP contribution in [0, 0.1) is 23.7 Å². The van der Waals surface area contributed by atoms with Crippen molar-refractivity contribution in [2.75, 3.05) is 0 Å². The summed E-state index contributed by atoms with van der Waals surface area (Å²) in [6.45, 7) is 23.0. The molecule has 0 radical (unpaired) electrons. The molecule has 4 unspecified atom stereocenters. The minimum Gasteiger partial charge on any atom is -0.850 e. The SMILES string of the molecule is CC1=CCC(C(C)(C)[O-])CC1.CC1=CCC(C(C)(C)[O-])CC1.CC1=CCC(C(C)(C)[O-])CC1.CC1=CCC(C(C)(C)[O-])CC1.[Ti]. The van der Waals surface area contributed by atoms with Crippen LogP contribution in [0.15, 0.2) is 46.6 Å². The van der Waals surface area contributed by atoms with Crippen molar-refractivity contribution in [3.63, 3.8) is 0 Å². The molecule has 0 aromatic rings. The second-order valence-electron chi connectivity index (χ2n) is 16.5. The molecule has 5 heteroatoms. The van der Waals surface area contributed by atoms with Crippen LogP contribution in [0.3, 0.4) is 0 Å². The van der Waals surface area contributed by atoms with E-state index in [1.807, 2.05) is 0 Å². The van der Waals surface area contributed by atoms with Gasteiger partial charge in [0.15, 0.2) is 0 Å². The molecule has 0 spiro atoms. The molecule has 0 aliphatic heterocycles. The van der Waals surface area contributed by atoms with Gasteiger partial charge in [0.25, 0.3) is 0 Å². The maximum atomic E-state index is 11.5. The number of rotatable bonds is 4. The van der Waals surface area contributed by atoms with Gasteiger partial charge in [0, 0.05) is 21.7 Å². The maximum absolute atomic E-state index is 11.5. The predicted octanol–water partition coefficient (Wildman–Crippen LogP) is 7.48. The molecule has 0 bridgehead atoms. The van der Waals surface area contributed by atoms with Crippen molar-refractivity contribution in [1.29, 1.82) is 0 Å². The van der Waals surface area contributed by atoms with E-state index in [-0.39, 0.29) is 21.7 Å². The third kappa shape index (κ3) is 18.6. The first-order chi connectivity index (χ1) is 20.0. The molecule has 0 N–H and O–H groups in total. The predicted molar refractivity (Wildman–Crippen MR) is 181 cm³/mol. The Morgan fingerprint density at radius 2 is 0.556 bits per heavy atom. The summed E-state index contributed by atoms with van der Waals surface area (Å²) in [5.74, 6) is 1.41. The first kappa shape index (κ1) is 44.5. The molecule has 4 aliphatic carbocycles. The Bertz CT molecular complexity index is 816. The minimum absolute atomic E-state index is 0. The summed E-state index contributed by atoms with van der Waals surface area (Å²) < 4.78 is 0. The fraction of sp³-hybridized carbons (Fsp3) is 0.800. The van der Waals surface area contributed by atoms with Crippen LogP contribution >= 0.6 is 0 Å². The van der Waals surface area contributed by atoms with Gasteiger partial charge in [-0.25, -0.2) is 0 Å². The standard InChI is InChI=1S/4C10H17O.Ti/c4*1-8-4-6-9(7-5-8)10(2,3)11;/h4*4,9H,5-7H2,1-3H3;/q4*-1;. The number of hydrogen-bond donors (Lipinski definition) is 0. The molecule has 0 aromatic heterocycles. The van der Waals surface area contributed by atoms with Crippen molar-refractivity contribution in [3.8, 4) is 0 Å². The van der Waals surface area contributed by atoms with E-state index in [1.165, 1.54) is 22.3 Å². The van der Waals surface area contributed by atoms with E-state index >= 15 is 0 Å². The second-order valence-corrected chi connectivity index (χ2v) is 16.5. The fourth-order valence-corrected chi connectivity index (χ4v) is 6.39. The molecule has 0 fully saturated rings. The fourth-order valence-electron chi connectivity index (χ4n) is 6.39. The summed E-state index contributed by atoms with van der Waals surface area (Å²) in [6, 6.07) is 0. The molecule has 4 aliphatic rings. The Balaban J connectivity index is 0.000000569. The Hall–Kier alpha value is -0.486. The van der Waals surface area contributed by atoms with Gasteiger partial charge in [-0.05, 0) is 128 Å². The van der Waals surface area contributed by atoms with Crippen LogP contribution in [0.4, 0.5) is 0 Å². The number of hydrogen-bond acceptors (Lipinski definition) is 4. The molecule has 45 heavy (non-hydrogen) atoms. The van der Waals surface area contributed by atoms with E-state index in [1.54, 1.807) is 55.4 Å². The van der Waals surface area contributed by atoms with Crippen molar-refractivity contribution >= 4 is 0 Å². The maximum Gasteiger partial charge on any atom is 0 e. The van der Waals surface area contributed by atoms with E-state index < -0.39 is 22.4 Å². The average Bonchev–Trinajstić information content (AvgIpc) is 2.89. The third-order valence-electron chi connectivity index (χ3n) is 10.5. The van der Waals surface area contributed by atoms with Gasteiger partial charge in [-0.15, -0.1) is 22.4 Å². The molecule has 260 valence electrons. The zero-order valence-electron chi connectivity index (χ0n) is 31.2. The Morgan fingerprint density at radius 1 is 0.400 bits per heavy atom. The van der Waals surface area contributed by atoms with Gasteiger partial charge < -0.3 is 20.4 Å². The van der Waals surface area contributed by atoms with Gasteiger partial charge in [-0.1, -0.05) is 102 Å². The molecule has 0 saturated carbocycles. The van der Waals surface area contributed by atoms with Crippen LogP contribution in [-0.4, -0.2) is 22.4 Å². The summed E-state index contributed by atoms with van der Waals surface area (Å²) >= 11 is 0. The Labute approximate surface area is 293 Å². The molecule has 4 rings (SSSR count). The van der Waals surface area contributed by atoms with Crippen LogP contribution in [-0.2, 0) is 21.7 Å². The monoisotopic (exact) mass is 660 g/mol. The van der Waals surface area contributed by atoms with E-state index in [9.17, 15) is 20.4 Å². The normalized spacial score (nSPS) is 26.0. The quantitative estimate of drug-likeness (QED) is 0.231. The summed E-state index contributed by atoms with van der Waals surface area (Å²) in [4.78, 5) is 0. The zero-order chi connectivity index (χ0) is 33.9. The molecule has 0 aromatic carbocycles. The second kappa shape index (κ2) is 19.5.